The number of rotatable bonds is 5. The minimum atomic E-state index is -0.303. The van der Waals surface area contributed by atoms with Crippen LogP contribution in [0, 0.1) is 6.92 Å². The zero-order chi connectivity index (χ0) is 15.6. The van der Waals surface area contributed by atoms with Crippen molar-refractivity contribution in [3.63, 3.8) is 0 Å². The second kappa shape index (κ2) is 6.08. The SMILES string of the molecule is CCN(CC)C(=O)CCN1C(=O)c2ccc(C)cc2C1=O. The number of benzene rings is 1. The van der Waals surface area contributed by atoms with Crippen molar-refractivity contribution in [3.05, 3.63) is 34.9 Å². The highest BCUT2D eigenvalue weighted by atomic mass is 16.2. The Morgan fingerprint density at radius 3 is 2.33 bits per heavy atom. The molecule has 2 rings (SSSR count). The zero-order valence-corrected chi connectivity index (χ0v) is 12.7. The Labute approximate surface area is 124 Å². The van der Waals surface area contributed by atoms with Crippen molar-refractivity contribution >= 4 is 17.7 Å². The summed E-state index contributed by atoms with van der Waals surface area (Å²) in [4.78, 5) is 39.3. The maximum Gasteiger partial charge on any atom is 0.261 e. The number of imide groups is 1. The van der Waals surface area contributed by atoms with E-state index in [1.165, 1.54) is 4.90 Å². The minimum Gasteiger partial charge on any atom is -0.343 e. The largest absolute Gasteiger partial charge is 0.343 e. The van der Waals surface area contributed by atoms with Crippen LogP contribution in [-0.4, -0.2) is 47.2 Å². The molecule has 21 heavy (non-hydrogen) atoms. The number of fused-ring (bicyclic) bond motifs is 1. The molecule has 1 aromatic rings. The molecule has 0 N–H and O–H groups in total. The van der Waals surface area contributed by atoms with Crippen LogP contribution in [0.5, 0.6) is 0 Å². The van der Waals surface area contributed by atoms with E-state index in [2.05, 4.69) is 0 Å². The van der Waals surface area contributed by atoms with Gasteiger partial charge in [-0.3, -0.25) is 19.3 Å². The van der Waals surface area contributed by atoms with Gasteiger partial charge in [-0.1, -0.05) is 11.6 Å². The first kappa shape index (κ1) is 15.2. The summed E-state index contributed by atoms with van der Waals surface area (Å²) in [6, 6.07) is 5.22. The molecule has 5 heteroatoms. The summed E-state index contributed by atoms with van der Waals surface area (Å²) >= 11 is 0. The number of nitrogens with zero attached hydrogens (tertiary/aromatic N) is 2. The number of carbonyl (C=O) groups is 3. The highest BCUT2D eigenvalue weighted by Gasteiger charge is 2.35. The first-order chi connectivity index (χ1) is 9.99. The second-order valence-corrected chi connectivity index (χ2v) is 5.13. The molecule has 1 aliphatic rings. The topological polar surface area (TPSA) is 57.7 Å². The maximum absolute atomic E-state index is 12.3. The molecule has 0 bridgehead atoms. The van der Waals surface area contributed by atoms with Gasteiger partial charge >= 0.3 is 0 Å². The van der Waals surface area contributed by atoms with Crippen LogP contribution < -0.4 is 0 Å². The molecule has 1 aliphatic heterocycles. The van der Waals surface area contributed by atoms with Crippen molar-refractivity contribution < 1.29 is 14.4 Å². The first-order valence-electron chi connectivity index (χ1n) is 7.24. The fraction of sp³-hybridized carbons (Fsp3) is 0.438. The fourth-order valence-corrected chi connectivity index (χ4v) is 2.55. The van der Waals surface area contributed by atoms with E-state index in [0.29, 0.717) is 24.2 Å². The van der Waals surface area contributed by atoms with E-state index in [1.807, 2.05) is 26.8 Å². The van der Waals surface area contributed by atoms with Crippen molar-refractivity contribution in [1.82, 2.24) is 9.80 Å². The fourth-order valence-electron chi connectivity index (χ4n) is 2.55. The van der Waals surface area contributed by atoms with Gasteiger partial charge < -0.3 is 4.90 Å². The van der Waals surface area contributed by atoms with E-state index in [9.17, 15) is 14.4 Å². The van der Waals surface area contributed by atoms with Gasteiger partial charge in [-0.15, -0.1) is 0 Å². The normalized spacial score (nSPS) is 13.6. The van der Waals surface area contributed by atoms with Crippen molar-refractivity contribution in [2.75, 3.05) is 19.6 Å². The van der Waals surface area contributed by atoms with Crippen LogP contribution in [0.2, 0.25) is 0 Å². The Bertz CT molecular complexity index is 591. The number of carbonyl (C=O) groups excluding carboxylic acids is 3. The number of amides is 3. The van der Waals surface area contributed by atoms with Crippen LogP contribution in [0.4, 0.5) is 0 Å². The zero-order valence-electron chi connectivity index (χ0n) is 12.7. The molecule has 112 valence electrons. The molecular weight excluding hydrogens is 268 g/mol. The maximum atomic E-state index is 12.3. The summed E-state index contributed by atoms with van der Waals surface area (Å²) in [5, 5.41) is 0. The van der Waals surface area contributed by atoms with Crippen LogP contribution in [-0.2, 0) is 4.79 Å². The van der Waals surface area contributed by atoms with Gasteiger partial charge in [-0.05, 0) is 32.9 Å². The highest BCUT2D eigenvalue weighted by Crippen LogP contribution is 2.24. The Morgan fingerprint density at radius 2 is 1.71 bits per heavy atom. The third kappa shape index (κ3) is 2.82. The summed E-state index contributed by atoms with van der Waals surface area (Å²) in [6.07, 6.45) is 0.173. The van der Waals surface area contributed by atoms with Crippen molar-refractivity contribution in [2.45, 2.75) is 27.2 Å². The molecule has 1 heterocycles. The van der Waals surface area contributed by atoms with Crippen LogP contribution in [0.15, 0.2) is 18.2 Å². The van der Waals surface area contributed by atoms with Gasteiger partial charge in [0.15, 0.2) is 0 Å². The summed E-state index contributed by atoms with van der Waals surface area (Å²) in [6.45, 7) is 7.11. The second-order valence-electron chi connectivity index (χ2n) is 5.13. The molecule has 3 amide bonds. The van der Waals surface area contributed by atoms with E-state index in [-0.39, 0.29) is 30.7 Å². The van der Waals surface area contributed by atoms with Crippen molar-refractivity contribution in [1.29, 1.82) is 0 Å². The molecule has 0 spiro atoms. The molecular formula is C16H20N2O3. The number of hydrogen-bond donors (Lipinski definition) is 0. The van der Waals surface area contributed by atoms with E-state index in [4.69, 9.17) is 0 Å². The minimum absolute atomic E-state index is 0.0345. The number of hydrogen-bond acceptors (Lipinski definition) is 3. The van der Waals surface area contributed by atoms with Gasteiger partial charge in [0, 0.05) is 26.1 Å². The van der Waals surface area contributed by atoms with E-state index < -0.39 is 0 Å². The molecule has 5 nitrogen and oxygen atoms in total. The van der Waals surface area contributed by atoms with E-state index in [0.717, 1.165) is 5.56 Å². The van der Waals surface area contributed by atoms with Crippen molar-refractivity contribution in [3.8, 4) is 0 Å². The predicted molar refractivity (Wildman–Crippen MR) is 79.1 cm³/mol. The smallest absolute Gasteiger partial charge is 0.261 e. The van der Waals surface area contributed by atoms with Gasteiger partial charge in [0.05, 0.1) is 11.1 Å². The monoisotopic (exact) mass is 288 g/mol. The molecule has 0 aliphatic carbocycles. The summed E-state index contributed by atoms with van der Waals surface area (Å²) in [5.41, 5.74) is 1.81. The van der Waals surface area contributed by atoms with E-state index in [1.54, 1.807) is 17.0 Å². The molecule has 0 aromatic heterocycles. The summed E-state index contributed by atoms with van der Waals surface area (Å²) in [7, 11) is 0. The van der Waals surface area contributed by atoms with E-state index >= 15 is 0 Å². The molecule has 0 fully saturated rings. The van der Waals surface area contributed by atoms with Crippen LogP contribution in [0.1, 0.15) is 46.5 Å². The first-order valence-corrected chi connectivity index (χ1v) is 7.24. The van der Waals surface area contributed by atoms with Crippen LogP contribution in [0.3, 0.4) is 0 Å². The molecule has 1 aromatic carbocycles. The highest BCUT2D eigenvalue weighted by molar-refractivity contribution is 6.21. The Balaban J connectivity index is 2.08. The van der Waals surface area contributed by atoms with Crippen LogP contribution >= 0.6 is 0 Å². The lowest BCUT2D eigenvalue weighted by molar-refractivity contribution is -0.130. The molecule has 0 unspecified atom stereocenters. The molecule has 0 saturated carbocycles. The van der Waals surface area contributed by atoms with Gasteiger partial charge in [0.1, 0.15) is 0 Å². The Hall–Kier alpha value is -2.17. The Morgan fingerprint density at radius 1 is 1.10 bits per heavy atom. The number of aryl methyl sites for hydroxylation is 1. The van der Waals surface area contributed by atoms with Gasteiger partial charge in [-0.2, -0.15) is 0 Å². The summed E-state index contributed by atoms with van der Waals surface area (Å²) < 4.78 is 0. The van der Waals surface area contributed by atoms with Gasteiger partial charge in [0.2, 0.25) is 5.91 Å². The average Bonchev–Trinajstić information content (AvgIpc) is 2.70. The molecule has 0 saturated heterocycles. The van der Waals surface area contributed by atoms with Crippen LogP contribution in [0.25, 0.3) is 0 Å². The lowest BCUT2D eigenvalue weighted by Crippen LogP contribution is -2.36. The molecule has 0 radical (unpaired) electrons. The quantitative estimate of drug-likeness (QED) is 0.777. The lowest BCUT2D eigenvalue weighted by Gasteiger charge is -2.20. The Kier molecular flexibility index (Phi) is 4.40. The molecule has 0 atom stereocenters. The predicted octanol–water partition coefficient (Wildman–Crippen LogP) is 1.85. The van der Waals surface area contributed by atoms with Crippen molar-refractivity contribution in [2.24, 2.45) is 0 Å². The third-order valence-corrected chi connectivity index (χ3v) is 3.79. The van der Waals surface area contributed by atoms with Gasteiger partial charge in [0.25, 0.3) is 11.8 Å². The standard InChI is InChI=1S/C16H20N2O3/c1-4-17(5-2)14(19)8-9-18-15(20)12-7-6-11(3)10-13(12)16(18)21/h6-7,10H,4-5,8-9H2,1-3H3. The lowest BCUT2D eigenvalue weighted by atomic mass is 10.1. The third-order valence-electron chi connectivity index (χ3n) is 3.79. The summed E-state index contributed by atoms with van der Waals surface area (Å²) in [5.74, 6) is -0.638. The average molecular weight is 288 g/mol. The van der Waals surface area contributed by atoms with Gasteiger partial charge in [-0.25, -0.2) is 0 Å².